The van der Waals surface area contributed by atoms with E-state index in [0.717, 1.165) is 67.9 Å². The molecular formula is C30H38FN3O2. The molecule has 4 rings (SSSR count). The summed E-state index contributed by atoms with van der Waals surface area (Å²) in [5.41, 5.74) is 14.2. The summed E-state index contributed by atoms with van der Waals surface area (Å²) in [6, 6.07) is 14.7. The average molecular weight is 492 g/mol. The van der Waals surface area contributed by atoms with Crippen LogP contribution in [0.25, 0.3) is 5.57 Å². The number of benzene rings is 2. The third-order valence-corrected chi connectivity index (χ3v) is 6.95. The first-order valence-electron chi connectivity index (χ1n) is 13.0. The normalized spacial score (nSPS) is 19.1. The minimum atomic E-state index is -0.260. The van der Waals surface area contributed by atoms with Gasteiger partial charge in [0.1, 0.15) is 18.6 Å². The van der Waals surface area contributed by atoms with Gasteiger partial charge in [-0.3, -0.25) is 14.3 Å². The number of aryl methyl sites for hydroxylation is 1. The molecule has 2 aromatic rings. The standard InChI is InChI=1S/C30H38FN3O2/c1-3-22(19-33-21-35-2)28-7-4-6-24-18-25(32)10-13-29(24)30(28)23-8-11-26(12-9-23)36-27-14-17-34(20-27)16-5-15-31/h3,8-13,18-19,27H,4-7,14-17,20-21,32H2,1-2H3/b22-3+,33-19?. The van der Waals surface area contributed by atoms with Gasteiger partial charge in [0.05, 0.1) is 6.67 Å². The Morgan fingerprint density at radius 2 is 2.03 bits per heavy atom. The molecule has 2 aromatic carbocycles. The highest BCUT2D eigenvalue weighted by atomic mass is 19.1. The Hall–Kier alpha value is -2.96. The number of allylic oxidation sites excluding steroid dienone is 3. The average Bonchev–Trinajstić information content (AvgIpc) is 3.25. The summed E-state index contributed by atoms with van der Waals surface area (Å²) in [6.07, 6.45) is 8.76. The molecule has 192 valence electrons. The molecule has 1 saturated heterocycles. The number of alkyl halides is 1. The minimum absolute atomic E-state index is 0.151. The maximum absolute atomic E-state index is 12.5. The number of nitrogens with zero attached hydrogens (tertiary/aromatic N) is 2. The maximum Gasteiger partial charge on any atom is 0.137 e. The molecule has 1 atom stereocenters. The highest BCUT2D eigenvalue weighted by molar-refractivity contribution is 5.95. The van der Waals surface area contributed by atoms with E-state index in [1.807, 2.05) is 12.3 Å². The molecule has 36 heavy (non-hydrogen) atoms. The van der Waals surface area contributed by atoms with Gasteiger partial charge in [0.15, 0.2) is 0 Å². The Balaban J connectivity index is 1.64. The second-order valence-electron chi connectivity index (χ2n) is 9.49. The zero-order valence-corrected chi connectivity index (χ0v) is 21.5. The Kier molecular flexibility index (Phi) is 9.31. The van der Waals surface area contributed by atoms with E-state index in [1.54, 1.807) is 7.11 Å². The van der Waals surface area contributed by atoms with Crippen LogP contribution in [0.5, 0.6) is 5.75 Å². The monoisotopic (exact) mass is 491 g/mol. The predicted molar refractivity (Wildman–Crippen MR) is 146 cm³/mol. The quantitative estimate of drug-likeness (QED) is 0.335. The Labute approximate surface area is 214 Å². The summed E-state index contributed by atoms with van der Waals surface area (Å²) in [5.74, 6) is 0.873. The summed E-state index contributed by atoms with van der Waals surface area (Å²) >= 11 is 0. The van der Waals surface area contributed by atoms with Crippen molar-refractivity contribution in [2.75, 3.05) is 45.9 Å². The van der Waals surface area contributed by atoms with E-state index < -0.39 is 0 Å². The number of rotatable bonds is 10. The first kappa shape index (κ1) is 26.1. The van der Waals surface area contributed by atoms with Crippen LogP contribution in [0.4, 0.5) is 10.1 Å². The molecule has 6 heteroatoms. The van der Waals surface area contributed by atoms with E-state index in [1.165, 1.54) is 22.3 Å². The van der Waals surface area contributed by atoms with Crippen molar-refractivity contribution in [3.8, 4) is 5.75 Å². The van der Waals surface area contributed by atoms with E-state index >= 15 is 0 Å². The van der Waals surface area contributed by atoms with Crippen LogP contribution in [0.1, 0.15) is 49.3 Å². The van der Waals surface area contributed by atoms with Crippen LogP contribution in [0, 0.1) is 0 Å². The summed E-state index contributed by atoms with van der Waals surface area (Å²) in [7, 11) is 1.65. The van der Waals surface area contributed by atoms with Crippen molar-refractivity contribution in [1.82, 2.24) is 4.90 Å². The Morgan fingerprint density at radius 1 is 1.19 bits per heavy atom. The third kappa shape index (κ3) is 6.42. The number of nitrogens with two attached hydrogens (primary N) is 1. The molecule has 5 nitrogen and oxygen atoms in total. The summed E-state index contributed by atoms with van der Waals surface area (Å²) in [5, 5.41) is 0. The van der Waals surface area contributed by atoms with Gasteiger partial charge in [0.2, 0.25) is 0 Å². The van der Waals surface area contributed by atoms with E-state index in [4.69, 9.17) is 15.2 Å². The van der Waals surface area contributed by atoms with Crippen molar-refractivity contribution in [2.45, 2.75) is 45.1 Å². The Morgan fingerprint density at radius 3 is 2.78 bits per heavy atom. The van der Waals surface area contributed by atoms with Crippen molar-refractivity contribution in [1.29, 1.82) is 0 Å². The lowest BCUT2D eigenvalue weighted by atomic mass is 9.87. The van der Waals surface area contributed by atoms with Crippen molar-refractivity contribution in [2.24, 2.45) is 4.99 Å². The van der Waals surface area contributed by atoms with Gasteiger partial charge >= 0.3 is 0 Å². The minimum Gasteiger partial charge on any atom is -0.489 e. The van der Waals surface area contributed by atoms with Crippen LogP contribution >= 0.6 is 0 Å². The molecule has 1 aliphatic carbocycles. The smallest absolute Gasteiger partial charge is 0.137 e. The lowest BCUT2D eigenvalue weighted by Gasteiger charge is -2.19. The molecule has 0 saturated carbocycles. The number of nitrogen functional groups attached to an aromatic ring is 1. The van der Waals surface area contributed by atoms with Gasteiger partial charge in [-0.05, 0) is 96.7 Å². The van der Waals surface area contributed by atoms with Gasteiger partial charge in [0, 0.05) is 38.6 Å². The molecule has 0 aromatic heterocycles. The second kappa shape index (κ2) is 12.8. The largest absolute Gasteiger partial charge is 0.489 e. The van der Waals surface area contributed by atoms with Crippen LogP contribution in [0.2, 0.25) is 0 Å². The van der Waals surface area contributed by atoms with Gasteiger partial charge in [-0.2, -0.15) is 0 Å². The van der Waals surface area contributed by atoms with Crippen molar-refractivity contribution < 1.29 is 13.9 Å². The molecule has 0 bridgehead atoms. The molecule has 0 radical (unpaired) electrons. The van der Waals surface area contributed by atoms with Crippen LogP contribution in [0.15, 0.2) is 64.7 Å². The maximum atomic E-state index is 12.5. The van der Waals surface area contributed by atoms with Crippen LogP contribution in [-0.2, 0) is 11.2 Å². The molecule has 0 amide bonds. The van der Waals surface area contributed by atoms with Crippen molar-refractivity contribution in [3.05, 3.63) is 76.4 Å². The molecule has 1 aliphatic heterocycles. The number of fused-ring (bicyclic) bond motifs is 1. The number of halogens is 1. The van der Waals surface area contributed by atoms with Gasteiger partial charge in [-0.25, -0.2) is 0 Å². The molecule has 2 N–H and O–H groups in total. The van der Waals surface area contributed by atoms with E-state index in [-0.39, 0.29) is 12.8 Å². The first-order chi connectivity index (χ1) is 17.6. The topological polar surface area (TPSA) is 60.1 Å². The number of ether oxygens (including phenoxy) is 2. The molecule has 0 spiro atoms. The zero-order chi connectivity index (χ0) is 25.3. The van der Waals surface area contributed by atoms with Crippen LogP contribution in [0.3, 0.4) is 0 Å². The molecule has 1 fully saturated rings. The van der Waals surface area contributed by atoms with E-state index in [2.05, 4.69) is 59.3 Å². The lowest BCUT2D eigenvalue weighted by Crippen LogP contribution is -2.26. The van der Waals surface area contributed by atoms with Crippen LogP contribution < -0.4 is 10.5 Å². The fourth-order valence-electron chi connectivity index (χ4n) is 5.24. The SMILES string of the molecule is C/C=C(\C=NCOC)C1=C(c2ccc(OC3CCN(CCCF)C3)cc2)c2ccc(N)cc2CCC1. The van der Waals surface area contributed by atoms with Gasteiger partial charge in [-0.15, -0.1) is 0 Å². The number of methoxy groups -OCH3 is 1. The van der Waals surface area contributed by atoms with E-state index in [9.17, 15) is 4.39 Å². The number of hydrogen-bond acceptors (Lipinski definition) is 5. The third-order valence-electron chi connectivity index (χ3n) is 6.95. The fraction of sp³-hybridized carbons (Fsp3) is 0.433. The number of likely N-dealkylation sites (tertiary alicyclic amines) is 1. The van der Waals surface area contributed by atoms with E-state index in [0.29, 0.717) is 13.2 Å². The lowest BCUT2D eigenvalue weighted by molar-refractivity contribution is 0.198. The van der Waals surface area contributed by atoms with Gasteiger partial charge in [-0.1, -0.05) is 24.3 Å². The summed E-state index contributed by atoms with van der Waals surface area (Å²) < 4.78 is 23.9. The Bertz CT molecular complexity index is 1110. The number of hydrogen-bond donors (Lipinski definition) is 1. The highest BCUT2D eigenvalue weighted by Gasteiger charge is 2.24. The van der Waals surface area contributed by atoms with Crippen molar-refractivity contribution in [3.63, 3.8) is 0 Å². The van der Waals surface area contributed by atoms with Gasteiger partial charge < -0.3 is 15.2 Å². The van der Waals surface area contributed by atoms with Crippen molar-refractivity contribution >= 4 is 17.5 Å². The summed E-state index contributed by atoms with van der Waals surface area (Å²) in [4.78, 5) is 6.73. The highest BCUT2D eigenvalue weighted by Crippen LogP contribution is 2.39. The summed E-state index contributed by atoms with van der Waals surface area (Å²) in [6.45, 7) is 4.77. The number of anilines is 1. The molecule has 2 aliphatic rings. The predicted octanol–water partition coefficient (Wildman–Crippen LogP) is 5.84. The second-order valence-corrected chi connectivity index (χ2v) is 9.49. The van der Waals surface area contributed by atoms with Gasteiger partial charge in [0.25, 0.3) is 0 Å². The first-order valence-corrected chi connectivity index (χ1v) is 13.0. The van der Waals surface area contributed by atoms with Crippen LogP contribution in [-0.4, -0.2) is 57.4 Å². The molecular weight excluding hydrogens is 453 g/mol. The number of aliphatic imine (C=N–C) groups is 1. The fourth-order valence-corrected chi connectivity index (χ4v) is 5.24. The molecule has 1 heterocycles. The zero-order valence-electron chi connectivity index (χ0n) is 21.5. The molecule has 1 unspecified atom stereocenters.